The second-order valence-corrected chi connectivity index (χ2v) is 6.06. The van der Waals surface area contributed by atoms with Crippen LogP contribution in [-0.4, -0.2) is 50.5 Å². The van der Waals surface area contributed by atoms with Crippen molar-refractivity contribution in [2.75, 3.05) is 24.6 Å². The quantitative estimate of drug-likeness (QED) is 0.640. The number of likely N-dealkylation sites (tertiary alicyclic amines) is 1. The first-order chi connectivity index (χ1) is 11.4. The predicted molar refractivity (Wildman–Crippen MR) is 85.1 cm³/mol. The number of ether oxygens (including phenoxy) is 1. The highest BCUT2D eigenvalue weighted by atomic mass is 16.5. The summed E-state index contributed by atoms with van der Waals surface area (Å²) in [6.07, 6.45) is 4.61. The third kappa shape index (κ3) is 3.10. The van der Waals surface area contributed by atoms with Crippen LogP contribution < -0.4 is 16.2 Å². The molecule has 128 valence electrons. The van der Waals surface area contributed by atoms with Crippen molar-refractivity contribution in [2.45, 2.75) is 31.3 Å². The normalized spacial score (nSPS) is 23.1. The molecule has 2 aliphatic heterocycles. The minimum Gasteiger partial charge on any atom is -0.478 e. The van der Waals surface area contributed by atoms with Crippen LogP contribution >= 0.6 is 0 Å². The van der Waals surface area contributed by atoms with Gasteiger partial charge in [-0.1, -0.05) is 0 Å². The fraction of sp³-hybridized carbons (Fsp3) is 0.467. The number of nitrogen functional groups attached to an aromatic ring is 2. The van der Waals surface area contributed by atoms with Gasteiger partial charge in [0.2, 0.25) is 17.7 Å². The fourth-order valence-corrected chi connectivity index (χ4v) is 3.23. The van der Waals surface area contributed by atoms with E-state index in [9.17, 15) is 9.59 Å². The van der Waals surface area contributed by atoms with Crippen molar-refractivity contribution >= 4 is 23.6 Å². The summed E-state index contributed by atoms with van der Waals surface area (Å²) in [7, 11) is 0. The molecular formula is C15H19N5O4. The zero-order chi connectivity index (χ0) is 17.3. The van der Waals surface area contributed by atoms with Crippen LogP contribution in [0.5, 0.6) is 5.88 Å². The Balaban J connectivity index is 1.72. The number of carboxylic acid groups (broad SMARTS) is 1. The first-order valence-corrected chi connectivity index (χ1v) is 7.69. The lowest BCUT2D eigenvalue weighted by molar-refractivity contribution is -0.132. The number of anilines is 2. The van der Waals surface area contributed by atoms with Crippen molar-refractivity contribution in [2.24, 2.45) is 0 Å². The van der Waals surface area contributed by atoms with E-state index < -0.39 is 11.6 Å². The van der Waals surface area contributed by atoms with Crippen LogP contribution in [0.1, 0.15) is 24.8 Å². The van der Waals surface area contributed by atoms with Gasteiger partial charge in [0, 0.05) is 38.1 Å². The van der Waals surface area contributed by atoms with Gasteiger partial charge in [-0.05, 0) is 12.8 Å². The number of fused-ring (bicyclic) bond motifs is 1. The smallest absolute Gasteiger partial charge is 0.328 e. The molecule has 0 radical (unpaired) electrons. The standard InChI is InChI=1S/C15H19N5O4/c16-12-9-8-15(24-13(9)19-14(17)18-12)4-1-6-20(7-5-15)10(21)2-3-11(22)23/h2-3H,1,4-8H2,(H,22,23)(H4,16,17,18,19)/b3-2+. The Labute approximate surface area is 138 Å². The Kier molecular flexibility index (Phi) is 4.00. The number of hydrogen-bond donors (Lipinski definition) is 3. The second-order valence-electron chi connectivity index (χ2n) is 6.06. The van der Waals surface area contributed by atoms with Crippen molar-refractivity contribution in [3.05, 3.63) is 17.7 Å². The van der Waals surface area contributed by atoms with E-state index in [1.807, 2.05) is 0 Å². The van der Waals surface area contributed by atoms with Crippen molar-refractivity contribution in [1.29, 1.82) is 0 Å². The van der Waals surface area contributed by atoms with E-state index in [1.54, 1.807) is 4.90 Å². The number of nitrogens with zero attached hydrogens (tertiary/aromatic N) is 3. The lowest BCUT2D eigenvalue weighted by Gasteiger charge is -2.26. The summed E-state index contributed by atoms with van der Waals surface area (Å²) in [5.74, 6) is -0.626. The Morgan fingerprint density at radius 1 is 1.21 bits per heavy atom. The molecule has 1 spiro atoms. The number of carboxylic acids is 1. The van der Waals surface area contributed by atoms with Gasteiger partial charge in [-0.15, -0.1) is 0 Å². The molecule has 0 saturated carbocycles. The molecule has 0 bridgehead atoms. The summed E-state index contributed by atoms with van der Waals surface area (Å²) >= 11 is 0. The van der Waals surface area contributed by atoms with Crippen molar-refractivity contribution in [1.82, 2.24) is 14.9 Å². The molecule has 0 aromatic carbocycles. The van der Waals surface area contributed by atoms with E-state index in [2.05, 4.69) is 9.97 Å². The Morgan fingerprint density at radius 2 is 2.00 bits per heavy atom. The molecule has 1 saturated heterocycles. The van der Waals surface area contributed by atoms with Crippen LogP contribution in [0.15, 0.2) is 12.2 Å². The summed E-state index contributed by atoms with van der Waals surface area (Å²) in [4.78, 5) is 32.3. The molecule has 24 heavy (non-hydrogen) atoms. The number of carbonyl (C=O) groups is 2. The number of aliphatic carboxylic acids is 1. The molecular weight excluding hydrogens is 314 g/mol. The van der Waals surface area contributed by atoms with Crippen molar-refractivity contribution < 1.29 is 19.4 Å². The van der Waals surface area contributed by atoms with Gasteiger partial charge in [0.1, 0.15) is 11.4 Å². The summed E-state index contributed by atoms with van der Waals surface area (Å²) in [6, 6.07) is 0. The van der Waals surface area contributed by atoms with Crippen LogP contribution in [0, 0.1) is 0 Å². The molecule has 1 atom stereocenters. The Bertz CT molecular complexity index is 720. The molecule has 1 unspecified atom stereocenters. The lowest BCUT2D eigenvalue weighted by atomic mass is 9.90. The van der Waals surface area contributed by atoms with Crippen LogP contribution in [0.25, 0.3) is 0 Å². The molecule has 1 aromatic heterocycles. The first kappa shape index (κ1) is 16.0. The molecule has 1 aromatic rings. The number of nitrogens with two attached hydrogens (primary N) is 2. The monoisotopic (exact) mass is 333 g/mol. The maximum Gasteiger partial charge on any atom is 0.328 e. The highest BCUT2D eigenvalue weighted by Gasteiger charge is 2.43. The fourth-order valence-electron chi connectivity index (χ4n) is 3.23. The Morgan fingerprint density at radius 3 is 2.75 bits per heavy atom. The highest BCUT2D eigenvalue weighted by molar-refractivity contribution is 5.93. The summed E-state index contributed by atoms with van der Waals surface area (Å²) in [5, 5.41) is 8.62. The van der Waals surface area contributed by atoms with Crippen LogP contribution in [-0.2, 0) is 16.0 Å². The molecule has 1 fully saturated rings. The van der Waals surface area contributed by atoms with E-state index in [1.165, 1.54) is 0 Å². The van der Waals surface area contributed by atoms with Crippen LogP contribution in [0.3, 0.4) is 0 Å². The molecule has 9 nitrogen and oxygen atoms in total. The zero-order valence-corrected chi connectivity index (χ0v) is 13.1. The van der Waals surface area contributed by atoms with E-state index in [0.717, 1.165) is 30.6 Å². The minimum absolute atomic E-state index is 0.0764. The summed E-state index contributed by atoms with van der Waals surface area (Å²) < 4.78 is 6.04. The molecule has 3 heterocycles. The van der Waals surface area contributed by atoms with Crippen LogP contribution in [0.4, 0.5) is 11.8 Å². The maximum absolute atomic E-state index is 12.1. The van der Waals surface area contributed by atoms with E-state index in [4.69, 9.17) is 21.3 Å². The largest absolute Gasteiger partial charge is 0.478 e. The summed E-state index contributed by atoms with van der Waals surface area (Å²) in [5.41, 5.74) is 11.8. The minimum atomic E-state index is -1.14. The van der Waals surface area contributed by atoms with Gasteiger partial charge in [0.15, 0.2) is 0 Å². The number of rotatable bonds is 2. The molecule has 1 amide bonds. The van der Waals surface area contributed by atoms with E-state index in [-0.39, 0.29) is 11.9 Å². The molecule has 2 aliphatic rings. The number of carbonyl (C=O) groups excluding carboxylic acids is 1. The average Bonchev–Trinajstić information content (AvgIpc) is 2.73. The maximum atomic E-state index is 12.1. The number of amides is 1. The van der Waals surface area contributed by atoms with Gasteiger partial charge in [-0.25, -0.2) is 4.79 Å². The predicted octanol–water partition coefficient (Wildman–Crippen LogP) is -0.0320. The third-order valence-electron chi connectivity index (χ3n) is 4.41. The van der Waals surface area contributed by atoms with Crippen molar-refractivity contribution in [3.63, 3.8) is 0 Å². The van der Waals surface area contributed by atoms with E-state index in [0.29, 0.717) is 37.6 Å². The third-order valence-corrected chi connectivity index (χ3v) is 4.41. The van der Waals surface area contributed by atoms with Gasteiger partial charge in [0.05, 0.1) is 5.56 Å². The van der Waals surface area contributed by atoms with Gasteiger partial charge in [-0.3, -0.25) is 4.79 Å². The Hall–Kier alpha value is -2.84. The zero-order valence-electron chi connectivity index (χ0n) is 13.1. The van der Waals surface area contributed by atoms with Gasteiger partial charge in [0.25, 0.3) is 0 Å². The molecule has 3 rings (SSSR count). The molecule has 5 N–H and O–H groups in total. The number of aromatic nitrogens is 2. The van der Waals surface area contributed by atoms with Crippen molar-refractivity contribution in [3.8, 4) is 5.88 Å². The first-order valence-electron chi connectivity index (χ1n) is 7.69. The highest BCUT2D eigenvalue weighted by Crippen LogP contribution is 2.42. The SMILES string of the molecule is Nc1nc(N)c2c(n1)OC1(CCCN(C(=O)/C=C/C(=O)O)CC1)C2. The molecule has 9 heteroatoms. The topological polar surface area (TPSA) is 145 Å². The average molecular weight is 333 g/mol. The summed E-state index contributed by atoms with van der Waals surface area (Å²) in [6.45, 7) is 1.02. The van der Waals surface area contributed by atoms with Gasteiger partial charge in [-0.2, -0.15) is 9.97 Å². The van der Waals surface area contributed by atoms with Gasteiger partial charge >= 0.3 is 5.97 Å². The molecule has 0 aliphatic carbocycles. The van der Waals surface area contributed by atoms with E-state index >= 15 is 0 Å². The van der Waals surface area contributed by atoms with Gasteiger partial charge < -0.3 is 26.2 Å². The second kappa shape index (κ2) is 5.99. The van der Waals surface area contributed by atoms with Crippen LogP contribution in [0.2, 0.25) is 0 Å². The number of hydrogen-bond acceptors (Lipinski definition) is 7. The lowest BCUT2D eigenvalue weighted by Crippen LogP contribution is -2.37.